The molecule has 1 amide bonds. The van der Waals surface area contributed by atoms with Crippen molar-refractivity contribution in [1.29, 1.82) is 0 Å². The van der Waals surface area contributed by atoms with E-state index in [-0.39, 0.29) is 6.61 Å². The summed E-state index contributed by atoms with van der Waals surface area (Å²) >= 11 is 6.16. The van der Waals surface area contributed by atoms with E-state index >= 15 is 0 Å². The van der Waals surface area contributed by atoms with Gasteiger partial charge in [0.25, 0.3) is 5.91 Å². The maximum absolute atomic E-state index is 12.9. The Balaban J connectivity index is 1.72. The van der Waals surface area contributed by atoms with Crippen LogP contribution in [-0.2, 0) is 30.3 Å². The van der Waals surface area contributed by atoms with Crippen molar-refractivity contribution in [3.8, 4) is 0 Å². The van der Waals surface area contributed by atoms with Crippen LogP contribution < -0.4 is 10.6 Å². The van der Waals surface area contributed by atoms with Gasteiger partial charge in [-0.1, -0.05) is 61.5 Å². The molecular weight excluding hydrogens is 572 g/mol. The number of aliphatic carboxylic acids is 2. The molecule has 0 heterocycles. The molecule has 9 nitrogen and oxygen atoms in total. The lowest BCUT2D eigenvalue weighted by Gasteiger charge is -2.23. The Kier molecular flexibility index (Phi) is 16.7. The van der Waals surface area contributed by atoms with Gasteiger partial charge in [-0.15, -0.1) is 0 Å². The molecule has 10 heteroatoms. The molecule has 2 rings (SSSR count). The van der Waals surface area contributed by atoms with E-state index in [0.29, 0.717) is 13.0 Å². The van der Waals surface area contributed by atoms with E-state index in [2.05, 4.69) is 42.7 Å². The first kappa shape index (κ1) is 36.1. The van der Waals surface area contributed by atoms with Crippen LogP contribution in [0.2, 0.25) is 5.02 Å². The number of carboxylic acids is 2. The number of benzene rings is 2. The minimum Gasteiger partial charge on any atom is -0.480 e. The highest BCUT2D eigenvalue weighted by Crippen LogP contribution is 2.20. The van der Waals surface area contributed by atoms with Gasteiger partial charge in [-0.3, -0.25) is 4.79 Å². The van der Waals surface area contributed by atoms with Crippen LogP contribution in [0.3, 0.4) is 0 Å². The van der Waals surface area contributed by atoms with Gasteiger partial charge in [0.1, 0.15) is 6.61 Å². The highest BCUT2D eigenvalue weighted by Gasteiger charge is 2.36. The number of ether oxygens (including phenoxy) is 2. The summed E-state index contributed by atoms with van der Waals surface area (Å²) < 4.78 is 10.7. The number of carbonyl (C=O) groups excluding carboxylic acids is 1. The molecule has 0 saturated carbocycles. The number of halogens is 1. The zero-order valence-corrected chi connectivity index (χ0v) is 26.4. The van der Waals surface area contributed by atoms with Crippen molar-refractivity contribution in [2.24, 2.45) is 0 Å². The molecule has 2 atom stereocenters. The summed E-state index contributed by atoms with van der Waals surface area (Å²) in [6, 6.07) is 12.4. The third kappa shape index (κ3) is 14.3. The van der Waals surface area contributed by atoms with Crippen molar-refractivity contribution in [3.05, 3.63) is 63.7 Å². The monoisotopic (exact) mass is 618 g/mol. The molecule has 0 aliphatic carbocycles. The average Bonchev–Trinajstić information content (AvgIpc) is 2.96. The molecule has 238 valence electrons. The Morgan fingerprint density at radius 1 is 0.767 bits per heavy atom. The number of rotatable bonds is 22. The summed E-state index contributed by atoms with van der Waals surface area (Å²) in [5.41, 5.74) is 5.89. The molecule has 2 aromatic rings. The second-order valence-corrected chi connectivity index (χ2v) is 11.3. The number of anilines is 1. The van der Waals surface area contributed by atoms with Crippen molar-refractivity contribution in [2.45, 2.75) is 90.8 Å². The standard InChI is InChI=1S/C33H47ClN2O7/c1-23-13-15-26(20-25(23)3)12-8-4-5-10-18-36-32(39)30(31(33(40)41)43-22-29(37)38)42-19-11-7-6-9-17-35-27-16-14-24(2)28(34)21-27/h13-16,20-21,30-31,35H,4-12,17-19,22H2,1-3H3,(H,36,39)(H,37,38)(H,40,41). The highest BCUT2D eigenvalue weighted by molar-refractivity contribution is 6.31. The van der Waals surface area contributed by atoms with Gasteiger partial charge < -0.3 is 30.3 Å². The maximum atomic E-state index is 12.9. The predicted octanol–water partition coefficient (Wildman–Crippen LogP) is 6.10. The minimum absolute atomic E-state index is 0.151. The maximum Gasteiger partial charge on any atom is 0.336 e. The number of hydrogen-bond donors (Lipinski definition) is 4. The fourth-order valence-corrected chi connectivity index (χ4v) is 4.74. The molecule has 0 spiro atoms. The molecule has 0 bridgehead atoms. The Morgan fingerprint density at radius 2 is 1.44 bits per heavy atom. The third-order valence-corrected chi connectivity index (χ3v) is 7.70. The Morgan fingerprint density at radius 3 is 2.12 bits per heavy atom. The number of carbonyl (C=O) groups is 3. The van der Waals surface area contributed by atoms with E-state index in [1.54, 1.807) is 0 Å². The molecule has 2 unspecified atom stereocenters. The molecule has 0 radical (unpaired) electrons. The molecule has 0 fully saturated rings. The SMILES string of the molecule is Cc1ccc(CCCCCCNC(=O)C(OCCCCCCNc2ccc(C)c(Cl)c2)C(OCC(=O)O)C(=O)O)cc1C. The Hall–Kier alpha value is -3.14. The van der Waals surface area contributed by atoms with E-state index in [4.69, 9.17) is 26.2 Å². The van der Waals surface area contributed by atoms with Crippen molar-refractivity contribution in [3.63, 3.8) is 0 Å². The Labute approximate surface area is 260 Å². The number of nitrogens with one attached hydrogen (secondary N) is 2. The summed E-state index contributed by atoms with van der Waals surface area (Å²) in [7, 11) is 0. The van der Waals surface area contributed by atoms with Crippen molar-refractivity contribution >= 4 is 35.1 Å². The van der Waals surface area contributed by atoms with Gasteiger partial charge in [-0.25, -0.2) is 9.59 Å². The second kappa shape index (κ2) is 19.9. The molecule has 0 saturated heterocycles. The summed E-state index contributed by atoms with van der Waals surface area (Å²) in [6.45, 7) is 6.62. The van der Waals surface area contributed by atoms with Crippen LogP contribution in [0.1, 0.15) is 73.6 Å². The number of amides is 1. The number of hydrogen-bond acceptors (Lipinski definition) is 6. The molecular formula is C33H47ClN2O7. The number of aryl methyl sites for hydroxylation is 4. The summed E-state index contributed by atoms with van der Waals surface area (Å²) in [5.74, 6) is -3.39. The van der Waals surface area contributed by atoms with E-state index < -0.39 is 36.7 Å². The van der Waals surface area contributed by atoms with Gasteiger partial charge in [-0.2, -0.15) is 0 Å². The topological polar surface area (TPSA) is 134 Å². The smallest absolute Gasteiger partial charge is 0.336 e. The summed E-state index contributed by atoms with van der Waals surface area (Å²) in [6.07, 6.45) is 4.80. The molecule has 0 aromatic heterocycles. The van der Waals surface area contributed by atoms with Crippen LogP contribution in [-0.4, -0.2) is 66.6 Å². The molecule has 0 aliphatic rings. The van der Waals surface area contributed by atoms with Crippen LogP contribution in [0.15, 0.2) is 36.4 Å². The highest BCUT2D eigenvalue weighted by atomic mass is 35.5. The molecule has 4 N–H and O–H groups in total. The van der Waals surface area contributed by atoms with E-state index in [0.717, 1.165) is 74.2 Å². The molecule has 0 aliphatic heterocycles. The molecule has 43 heavy (non-hydrogen) atoms. The fourth-order valence-electron chi connectivity index (χ4n) is 4.56. The summed E-state index contributed by atoms with van der Waals surface area (Å²) in [5, 5.41) is 25.4. The largest absolute Gasteiger partial charge is 0.480 e. The van der Waals surface area contributed by atoms with Gasteiger partial charge in [0.2, 0.25) is 0 Å². The number of unbranched alkanes of at least 4 members (excludes halogenated alkanes) is 6. The summed E-state index contributed by atoms with van der Waals surface area (Å²) in [4.78, 5) is 35.7. The van der Waals surface area contributed by atoms with E-state index in [1.165, 1.54) is 16.7 Å². The fraction of sp³-hybridized carbons (Fsp3) is 0.545. The van der Waals surface area contributed by atoms with Gasteiger partial charge in [0.05, 0.1) is 0 Å². The van der Waals surface area contributed by atoms with Crippen LogP contribution in [0.4, 0.5) is 5.69 Å². The second-order valence-electron chi connectivity index (χ2n) is 10.9. The third-order valence-electron chi connectivity index (χ3n) is 7.30. The first-order valence-corrected chi connectivity index (χ1v) is 15.5. The van der Waals surface area contributed by atoms with Crippen LogP contribution in [0.5, 0.6) is 0 Å². The lowest BCUT2D eigenvalue weighted by atomic mass is 10.0. The van der Waals surface area contributed by atoms with E-state index in [1.807, 2.05) is 25.1 Å². The lowest BCUT2D eigenvalue weighted by Crippen LogP contribution is -2.49. The van der Waals surface area contributed by atoms with Crippen molar-refractivity contribution < 1.29 is 34.1 Å². The normalized spacial score (nSPS) is 12.5. The number of carboxylic acid groups (broad SMARTS) is 2. The van der Waals surface area contributed by atoms with Gasteiger partial charge in [-0.05, 0) is 87.3 Å². The van der Waals surface area contributed by atoms with Gasteiger partial charge in [0.15, 0.2) is 12.2 Å². The first-order valence-electron chi connectivity index (χ1n) is 15.1. The zero-order valence-electron chi connectivity index (χ0n) is 25.6. The minimum atomic E-state index is -1.72. The Bertz CT molecular complexity index is 1170. The molecule has 2 aromatic carbocycles. The van der Waals surface area contributed by atoms with Crippen LogP contribution in [0, 0.1) is 20.8 Å². The van der Waals surface area contributed by atoms with Crippen molar-refractivity contribution in [1.82, 2.24) is 5.32 Å². The average molecular weight is 619 g/mol. The van der Waals surface area contributed by atoms with Gasteiger partial charge >= 0.3 is 11.9 Å². The first-order chi connectivity index (χ1) is 20.6. The van der Waals surface area contributed by atoms with Crippen LogP contribution in [0.25, 0.3) is 0 Å². The van der Waals surface area contributed by atoms with Crippen molar-refractivity contribution in [2.75, 3.05) is 31.6 Å². The predicted molar refractivity (Wildman–Crippen MR) is 169 cm³/mol. The lowest BCUT2D eigenvalue weighted by molar-refractivity contribution is -0.172. The van der Waals surface area contributed by atoms with Crippen LogP contribution >= 0.6 is 11.6 Å². The zero-order chi connectivity index (χ0) is 31.6. The quantitative estimate of drug-likeness (QED) is 0.116. The van der Waals surface area contributed by atoms with Gasteiger partial charge in [0, 0.05) is 30.4 Å². The van der Waals surface area contributed by atoms with E-state index in [9.17, 15) is 19.5 Å².